The SMILES string of the molecule is Cc1cccc(C)c1N(CC(=O)N(Cc1ccc(F)cc1)C(Cc1ccccc1)C(=O)NC(C)C)S(C)(=O)=O. The zero-order chi connectivity index (χ0) is 28.7. The summed E-state index contributed by atoms with van der Waals surface area (Å²) in [7, 11) is -3.86. The maximum atomic E-state index is 14.1. The highest BCUT2D eigenvalue weighted by Crippen LogP contribution is 2.27. The van der Waals surface area contributed by atoms with Gasteiger partial charge in [-0.15, -0.1) is 0 Å². The molecule has 1 N–H and O–H groups in total. The molecule has 0 radical (unpaired) electrons. The lowest BCUT2D eigenvalue weighted by molar-refractivity contribution is -0.140. The van der Waals surface area contributed by atoms with Crippen molar-refractivity contribution in [2.24, 2.45) is 0 Å². The normalized spacial score (nSPS) is 12.2. The lowest BCUT2D eigenvalue weighted by atomic mass is 10.0. The van der Waals surface area contributed by atoms with E-state index in [1.165, 1.54) is 17.0 Å². The molecule has 0 bridgehead atoms. The molecule has 1 unspecified atom stereocenters. The fourth-order valence-corrected chi connectivity index (χ4v) is 5.46. The largest absolute Gasteiger partial charge is 0.352 e. The Morgan fingerprint density at radius 2 is 1.46 bits per heavy atom. The molecular weight excluding hydrogens is 517 g/mol. The highest BCUT2D eigenvalue weighted by atomic mass is 32.2. The second-order valence-electron chi connectivity index (χ2n) is 10.0. The predicted octanol–water partition coefficient (Wildman–Crippen LogP) is 4.37. The number of halogens is 1. The zero-order valence-corrected chi connectivity index (χ0v) is 23.8. The molecule has 7 nitrogen and oxygen atoms in total. The fraction of sp³-hybridized carbons (Fsp3) is 0.333. The molecule has 0 heterocycles. The van der Waals surface area contributed by atoms with E-state index < -0.39 is 34.3 Å². The Hall–Kier alpha value is -3.72. The number of amides is 2. The Bertz CT molecular complexity index is 1370. The molecule has 39 heavy (non-hydrogen) atoms. The molecule has 0 aliphatic heterocycles. The summed E-state index contributed by atoms with van der Waals surface area (Å²) < 4.78 is 40.7. The summed E-state index contributed by atoms with van der Waals surface area (Å²) in [5.41, 5.74) is 3.29. The number of hydrogen-bond acceptors (Lipinski definition) is 4. The maximum Gasteiger partial charge on any atom is 0.244 e. The second kappa shape index (κ2) is 12.9. The fourth-order valence-electron chi connectivity index (χ4n) is 4.50. The lowest BCUT2D eigenvalue weighted by Crippen LogP contribution is -2.54. The van der Waals surface area contributed by atoms with Crippen molar-refractivity contribution in [2.45, 2.75) is 52.7 Å². The Morgan fingerprint density at radius 3 is 2.00 bits per heavy atom. The third-order valence-corrected chi connectivity index (χ3v) is 7.45. The van der Waals surface area contributed by atoms with Crippen LogP contribution in [0.3, 0.4) is 0 Å². The summed E-state index contributed by atoms with van der Waals surface area (Å²) in [6.07, 6.45) is 1.28. The van der Waals surface area contributed by atoms with Crippen LogP contribution in [0, 0.1) is 19.7 Å². The second-order valence-corrected chi connectivity index (χ2v) is 11.9. The molecule has 2 amide bonds. The highest BCUT2D eigenvalue weighted by Gasteiger charge is 2.33. The van der Waals surface area contributed by atoms with Crippen LogP contribution in [0.5, 0.6) is 0 Å². The van der Waals surface area contributed by atoms with Crippen molar-refractivity contribution >= 4 is 27.5 Å². The first-order valence-corrected chi connectivity index (χ1v) is 14.6. The molecule has 0 spiro atoms. The number of anilines is 1. The average molecular weight is 554 g/mol. The number of carbonyl (C=O) groups excluding carboxylic acids is 2. The van der Waals surface area contributed by atoms with Gasteiger partial charge in [0.2, 0.25) is 21.8 Å². The number of aryl methyl sites for hydroxylation is 2. The van der Waals surface area contributed by atoms with E-state index in [1.54, 1.807) is 38.1 Å². The first-order chi connectivity index (χ1) is 18.4. The molecule has 3 aromatic rings. The minimum Gasteiger partial charge on any atom is -0.352 e. The van der Waals surface area contributed by atoms with Crippen LogP contribution in [0.4, 0.5) is 10.1 Å². The number of para-hydroxylation sites is 1. The van der Waals surface area contributed by atoms with Crippen LogP contribution < -0.4 is 9.62 Å². The number of benzene rings is 3. The molecule has 9 heteroatoms. The summed E-state index contributed by atoms with van der Waals surface area (Å²) in [6, 6.07) is 19.3. The van der Waals surface area contributed by atoms with Crippen molar-refractivity contribution in [2.75, 3.05) is 17.1 Å². The van der Waals surface area contributed by atoms with E-state index in [2.05, 4.69) is 5.32 Å². The number of nitrogens with one attached hydrogen (secondary N) is 1. The first kappa shape index (κ1) is 29.8. The van der Waals surface area contributed by atoms with Crippen LogP contribution in [-0.2, 0) is 32.6 Å². The van der Waals surface area contributed by atoms with Crippen molar-refractivity contribution in [1.29, 1.82) is 0 Å². The van der Waals surface area contributed by atoms with Crippen molar-refractivity contribution in [3.05, 3.63) is 101 Å². The summed E-state index contributed by atoms with van der Waals surface area (Å²) >= 11 is 0. The van der Waals surface area contributed by atoms with Crippen LogP contribution in [0.2, 0.25) is 0 Å². The molecule has 3 aromatic carbocycles. The standard InChI is InChI=1S/C30H36FN3O4S/c1-21(2)32-30(36)27(18-24-12-7-6-8-13-24)33(19-25-14-16-26(31)17-15-25)28(35)20-34(39(5,37)38)29-22(3)10-9-11-23(29)4/h6-17,21,27H,18-20H2,1-5H3,(H,32,36). The van der Waals surface area contributed by atoms with Crippen LogP contribution in [0.15, 0.2) is 72.8 Å². The Labute approximate surface area is 230 Å². The Morgan fingerprint density at radius 1 is 0.872 bits per heavy atom. The van der Waals surface area contributed by atoms with Gasteiger partial charge in [0.25, 0.3) is 0 Å². The van der Waals surface area contributed by atoms with Gasteiger partial charge in [-0.2, -0.15) is 0 Å². The number of rotatable bonds is 11. The highest BCUT2D eigenvalue weighted by molar-refractivity contribution is 7.92. The summed E-state index contributed by atoms with van der Waals surface area (Å²) in [4.78, 5) is 29.0. The van der Waals surface area contributed by atoms with E-state index in [4.69, 9.17) is 0 Å². The van der Waals surface area contributed by atoms with Crippen LogP contribution >= 0.6 is 0 Å². The molecule has 1 atom stereocenters. The van der Waals surface area contributed by atoms with Gasteiger partial charge < -0.3 is 10.2 Å². The third kappa shape index (κ3) is 8.13. The first-order valence-electron chi connectivity index (χ1n) is 12.8. The molecule has 3 rings (SSSR count). The molecule has 0 saturated heterocycles. The lowest BCUT2D eigenvalue weighted by Gasteiger charge is -2.34. The molecular formula is C30H36FN3O4S. The predicted molar refractivity (Wildman–Crippen MR) is 152 cm³/mol. The van der Waals surface area contributed by atoms with E-state index in [0.29, 0.717) is 22.4 Å². The topological polar surface area (TPSA) is 86.8 Å². The van der Waals surface area contributed by atoms with Crippen LogP contribution in [0.1, 0.15) is 36.1 Å². The van der Waals surface area contributed by atoms with Gasteiger partial charge in [0.15, 0.2) is 0 Å². The number of sulfonamides is 1. The van der Waals surface area contributed by atoms with Crippen molar-refractivity contribution < 1.29 is 22.4 Å². The van der Waals surface area contributed by atoms with Crippen LogP contribution in [-0.4, -0.2) is 50.0 Å². The van der Waals surface area contributed by atoms with Gasteiger partial charge in [0.05, 0.1) is 11.9 Å². The molecule has 0 saturated carbocycles. The summed E-state index contributed by atoms with van der Waals surface area (Å²) in [6.45, 7) is 6.73. The van der Waals surface area contributed by atoms with Gasteiger partial charge in [0, 0.05) is 19.0 Å². The van der Waals surface area contributed by atoms with Gasteiger partial charge in [-0.25, -0.2) is 12.8 Å². The number of hydrogen-bond donors (Lipinski definition) is 1. The average Bonchev–Trinajstić information content (AvgIpc) is 2.86. The molecule has 0 aliphatic carbocycles. The van der Waals surface area contributed by atoms with E-state index in [9.17, 15) is 22.4 Å². The van der Waals surface area contributed by atoms with Gasteiger partial charge in [-0.1, -0.05) is 60.7 Å². The summed E-state index contributed by atoms with van der Waals surface area (Å²) in [5, 5.41) is 2.90. The van der Waals surface area contributed by atoms with E-state index in [1.807, 2.05) is 50.2 Å². The Balaban J connectivity index is 2.08. The number of carbonyl (C=O) groups is 2. The monoisotopic (exact) mass is 553 g/mol. The van der Waals surface area contributed by atoms with Gasteiger partial charge in [0.1, 0.15) is 18.4 Å². The van der Waals surface area contributed by atoms with Crippen molar-refractivity contribution in [3.8, 4) is 0 Å². The van der Waals surface area contributed by atoms with E-state index >= 15 is 0 Å². The van der Waals surface area contributed by atoms with Gasteiger partial charge >= 0.3 is 0 Å². The zero-order valence-electron chi connectivity index (χ0n) is 23.0. The molecule has 0 fully saturated rings. The maximum absolute atomic E-state index is 14.1. The van der Waals surface area contributed by atoms with E-state index in [0.717, 1.165) is 16.1 Å². The minimum absolute atomic E-state index is 0.00746. The summed E-state index contributed by atoms with van der Waals surface area (Å²) in [5.74, 6) is -1.33. The quantitative estimate of drug-likeness (QED) is 0.382. The minimum atomic E-state index is -3.86. The smallest absolute Gasteiger partial charge is 0.244 e. The van der Waals surface area contributed by atoms with E-state index in [-0.39, 0.29) is 24.9 Å². The van der Waals surface area contributed by atoms with Gasteiger partial charge in [-0.3, -0.25) is 13.9 Å². The van der Waals surface area contributed by atoms with Crippen LogP contribution in [0.25, 0.3) is 0 Å². The molecule has 208 valence electrons. The Kier molecular flexibility index (Phi) is 9.86. The molecule has 0 aromatic heterocycles. The van der Waals surface area contributed by atoms with Gasteiger partial charge in [-0.05, 0) is 62.1 Å². The van der Waals surface area contributed by atoms with Crippen molar-refractivity contribution in [1.82, 2.24) is 10.2 Å². The van der Waals surface area contributed by atoms with Crippen molar-refractivity contribution in [3.63, 3.8) is 0 Å². The molecule has 0 aliphatic rings. The third-order valence-electron chi connectivity index (χ3n) is 6.34. The number of nitrogens with zero attached hydrogens (tertiary/aromatic N) is 2.